The van der Waals surface area contributed by atoms with E-state index in [1.807, 2.05) is 21.5 Å². The molecule has 146 valence electrons. The normalized spacial score (nSPS) is 19.0. The van der Waals surface area contributed by atoms with Gasteiger partial charge in [-0.1, -0.05) is 6.92 Å². The molecule has 2 aliphatic rings. The fourth-order valence-corrected chi connectivity index (χ4v) is 3.96. The van der Waals surface area contributed by atoms with Crippen molar-refractivity contribution in [3.63, 3.8) is 0 Å². The summed E-state index contributed by atoms with van der Waals surface area (Å²) in [6.45, 7) is 8.91. The van der Waals surface area contributed by atoms with Crippen LogP contribution >= 0.6 is 0 Å². The van der Waals surface area contributed by atoms with Crippen molar-refractivity contribution in [3.05, 3.63) is 18.0 Å². The Morgan fingerprint density at radius 3 is 2.52 bits per heavy atom. The lowest BCUT2D eigenvalue weighted by Crippen LogP contribution is -2.48. The zero-order valence-electron chi connectivity index (χ0n) is 16.2. The van der Waals surface area contributed by atoms with Crippen LogP contribution in [0.1, 0.15) is 38.4 Å². The fraction of sp³-hybridized carbons (Fsp3) is 0.684. The molecule has 0 bridgehead atoms. The maximum absolute atomic E-state index is 12.6. The summed E-state index contributed by atoms with van der Waals surface area (Å²) in [5, 5.41) is 13.3. The number of carbonyl (C=O) groups is 1. The van der Waals surface area contributed by atoms with E-state index in [2.05, 4.69) is 26.9 Å². The molecule has 0 unspecified atom stereocenters. The largest absolute Gasteiger partial charge is 0.355 e. The summed E-state index contributed by atoms with van der Waals surface area (Å²) in [5.41, 5.74) is 0.745. The SMILES string of the molecule is CCN1CCN(C(=O)CCc2nnc3ccc(N4CCCCC4)nn23)CC1. The first-order chi connectivity index (χ1) is 13.2. The van der Waals surface area contributed by atoms with Crippen LogP contribution < -0.4 is 4.90 Å². The van der Waals surface area contributed by atoms with E-state index in [1.54, 1.807) is 0 Å². The van der Waals surface area contributed by atoms with Crippen molar-refractivity contribution in [2.45, 2.75) is 39.0 Å². The van der Waals surface area contributed by atoms with E-state index in [0.717, 1.165) is 63.1 Å². The molecule has 0 atom stereocenters. The number of hydrogen-bond acceptors (Lipinski definition) is 6. The number of anilines is 1. The second-order valence-electron chi connectivity index (χ2n) is 7.44. The molecule has 1 amide bonds. The zero-order valence-corrected chi connectivity index (χ0v) is 16.2. The highest BCUT2D eigenvalue weighted by atomic mass is 16.2. The van der Waals surface area contributed by atoms with Crippen molar-refractivity contribution in [1.29, 1.82) is 0 Å². The maximum atomic E-state index is 12.6. The summed E-state index contributed by atoms with van der Waals surface area (Å²) in [6, 6.07) is 4.00. The molecule has 2 aliphatic heterocycles. The Bertz CT molecular complexity index is 775. The quantitative estimate of drug-likeness (QED) is 0.787. The molecule has 27 heavy (non-hydrogen) atoms. The average Bonchev–Trinajstić information content (AvgIpc) is 3.15. The molecule has 4 heterocycles. The maximum Gasteiger partial charge on any atom is 0.223 e. The minimum absolute atomic E-state index is 0.203. The predicted molar refractivity (Wildman–Crippen MR) is 104 cm³/mol. The number of aromatic nitrogens is 4. The average molecular weight is 371 g/mol. The summed E-state index contributed by atoms with van der Waals surface area (Å²) in [4.78, 5) is 19.2. The lowest BCUT2D eigenvalue weighted by atomic mass is 10.1. The van der Waals surface area contributed by atoms with Gasteiger partial charge in [0.2, 0.25) is 5.91 Å². The van der Waals surface area contributed by atoms with E-state index < -0.39 is 0 Å². The van der Waals surface area contributed by atoms with Gasteiger partial charge in [0.05, 0.1) is 0 Å². The highest BCUT2D eigenvalue weighted by Gasteiger charge is 2.21. The predicted octanol–water partition coefficient (Wildman–Crippen LogP) is 1.21. The lowest BCUT2D eigenvalue weighted by molar-refractivity contribution is -0.132. The number of nitrogens with zero attached hydrogens (tertiary/aromatic N) is 7. The van der Waals surface area contributed by atoms with E-state index in [1.165, 1.54) is 19.3 Å². The Hall–Kier alpha value is -2.22. The Morgan fingerprint density at radius 2 is 1.78 bits per heavy atom. The molecule has 0 aromatic carbocycles. The van der Waals surface area contributed by atoms with Crippen LogP contribution in [-0.4, -0.2) is 81.3 Å². The van der Waals surface area contributed by atoms with Crippen molar-refractivity contribution in [3.8, 4) is 0 Å². The van der Waals surface area contributed by atoms with Gasteiger partial charge in [0.1, 0.15) is 5.82 Å². The number of amides is 1. The Labute approximate surface area is 160 Å². The molecule has 2 fully saturated rings. The first kappa shape index (κ1) is 18.2. The molecule has 0 radical (unpaired) electrons. The molecule has 0 N–H and O–H groups in total. The van der Waals surface area contributed by atoms with E-state index in [9.17, 15) is 4.79 Å². The highest BCUT2D eigenvalue weighted by molar-refractivity contribution is 5.76. The number of piperazine rings is 1. The van der Waals surface area contributed by atoms with Gasteiger partial charge in [-0.3, -0.25) is 4.79 Å². The molecule has 0 spiro atoms. The van der Waals surface area contributed by atoms with Gasteiger partial charge in [-0.25, -0.2) is 0 Å². The standard InChI is InChI=1S/C19H29N7O/c1-2-23-12-14-25(15-13-23)19(27)9-8-17-21-20-16-6-7-18(22-26(16)17)24-10-4-3-5-11-24/h6-7H,2-5,8-15H2,1H3. The van der Waals surface area contributed by atoms with Crippen molar-refractivity contribution >= 4 is 17.4 Å². The minimum atomic E-state index is 0.203. The molecule has 2 aromatic rings. The molecule has 4 rings (SSSR count). The third kappa shape index (κ3) is 4.05. The number of likely N-dealkylation sites (N-methyl/N-ethyl adjacent to an activating group) is 1. The minimum Gasteiger partial charge on any atom is -0.355 e. The smallest absolute Gasteiger partial charge is 0.223 e. The number of hydrogen-bond donors (Lipinski definition) is 0. The summed E-state index contributed by atoms with van der Waals surface area (Å²) in [5.74, 6) is 1.95. The van der Waals surface area contributed by atoms with Gasteiger partial charge in [0.25, 0.3) is 0 Å². The third-order valence-corrected chi connectivity index (χ3v) is 5.73. The lowest BCUT2D eigenvalue weighted by Gasteiger charge is -2.34. The number of carbonyl (C=O) groups excluding carboxylic acids is 1. The van der Waals surface area contributed by atoms with E-state index in [-0.39, 0.29) is 5.91 Å². The fourth-order valence-electron chi connectivity index (χ4n) is 3.96. The first-order valence-electron chi connectivity index (χ1n) is 10.2. The molecular formula is C19H29N7O. The van der Waals surface area contributed by atoms with Crippen LogP contribution in [0.3, 0.4) is 0 Å². The Balaban J connectivity index is 1.40. The summed E-state index contributed by atoms with van der Waals surface area (Å²) in [6.07, 6.45) is 4.77. The van der Waals surface area contributed by atoms with Crippen LogP contribution in [0.25, 0.3) is 5.65 Å². The second-order valence-corrected chi connectivity index (χ2v) is 7.44. The molecule has 8 nitrogen and oxygen atoms in total. The number of rotatable bonds is 5. The number of piperidine rings is 1. The Kier molecular flexibility index (Phi) is 5.52. The third-order valence-electron chi connectivity index (χ3n) is 5.73. The van der Waals surface area contributed by atoms with Crippen molar-refractivity contribution in [2.75, 3.05) is 50.7 Å². The van der Waals surface area contributed by atoms with Crippen LogP contribution in [0, 0.1) is 0 Å². The second kappa shape index (κ2) is 8.21. The zero-order chi connectivity index (χ0) is 18.6. The van der Waals surface area contributed by atoms with E-state index >= 15 is 0 Å². The van der Waals surface area contributed by atoms with Crippen LogP contribution in [0.4, 0.5) is 5.82 Å². The van der Waals surface area contributed by atoms with E-state index in [4.69, 9.17) is 5.10 Å². The highest BCUT2D eigenvalue weighted by Crippen LogP contribution is 2.18. The number of aryl methyl sites for hydroxylation is 1. The van der Waals surface area contributed by atoms with Gasteiger partial charge in [-0.2, -0.15) is 4.52 Å². The number of fused-ring (bicyclic) bond motifs is 1. The first-order valence-corrected chi connectivity index (χ1v) is 10.2. The molecule has 0 aliphatic carbocycles. The summed E-state index contributed by atoms with van der Waals surface area (Å²) >= 11 is 0. The van der Waals surface area contributed by atoms with Crippen LogP contribution in [-0.2, 0) is 11.2 Å². The molecule has 0 saturated carbocycles. The van der Waals surface area contributed by atoms with Gasteiger partial charge in [-0.05, 0) is 37.9 Å². The topological polar surface area (TPSA) is 69.9 Å². The molecule has 2 saturated heterocycles. The monoisotopic (exact) mass is 371 g/mol. The Morgan fingerprint density at radius 1 is 1.00 bits per heavy atom. The molecular weight excluding hydrogens is 342 g/mol. The van der Waals surface area contributed by atoms with Crippen molar-refractivity contribution in [2.24, 2.45) is 0 Å². The molecule has 8 heteroatoms. The summed E-state index contributed by atoms with van der Waals surface area (Å²) in [7, 11) is 0. The van der Waals surface area contributed by atoms with Crippen molar-refractivity contribution < 1.29 is 4.79 Å². The van der Waals surface area contributed by atoms with Gasteiger partial charge in [0, 0.05) is 52.1 Å². The van der Waals surface area contributed by atoms with E-state index in [0.29, 0.717) is 12.8 Å². The van der Waals surface area contributed by atoms with Gasteiger partial charge in [0.15, 0.2) is 11.5 Å². The van der Waals surface area contributed by atoms with Gasteiger partial charge in [-0.15, -0.1) is 15.3 Å². The van der Waals surface area contributed by atoms with Crippen LogP contribution in [0.15, 0.2) is 12.1 Å². The summed E-state index contributed by atoms with van der Waals surface area (Å²) < 4.78 is 1.81. The van der Waals surface area contributed by atoms with Crippen LogP contribution in [0.5, 0.6) is 0 Å². The van der Waals surface area contributed by atoms with Crippen LogP contribution in [0.2, 0.25) is 0 Å². The van der Waals surface area contributed by atoms with Gasteiger partial charge >= 0.3 is 0 Å². The molecule has 2 aromatic heterocycles. The van der Waals surface area contributed by atoms with Crippen molar-refractivity contribution in [1.82, 2.24) is 29.6 Å². The van der Waals surface area contributed by atoms with Gasteiger partial charge < -0.3 is 14.7 Å².